The fourth-order valence-electron chi connectivity index (χ4n) is 1.46. The van der Waals surface area contributed by atoms with Crippen molar-refractivity contribution in [3.63, 3.8) is 0 Å². The minimum absolute atomic E-state index is 0.0576. The first-order valence-corrected chi connectivity index (χ1v) is 6.68. The van der Waals surface area contributed by atoms with Crippen LogP contribution in [0.1, 0.15) is 15.2 Å². The monoisotopic (exact) mass is 311 g/mol. The minimum Gasteiger partial charge on any atom is -0.308 e. The van der Waals surface area contributed by atoms with Gasteiger partial charge in [-0.1, -0.05) is 0 Å². The van der Waals surface area contributed by atoms with E-state index in [1.165, 1.54) is 22.0 Å². The zero-order chi connectivity index (χ0) is 12.4. The van der Waals surface area contributed by atoms with E-state index in [1.807, 2.05) is 24.4 Å². The van der Waals surface area contributed by atoms with Crippen molar-refractivity contribution in [1.29, 1.82) is 0 Å². The first kappa shape index (κ1) is 12.3. The summed E-state index contributed by atoms with van der Waals surface area (Å²) in [6.45, 7) is 1.93. The van der Waals surface area contributed by atoms with Crippen LogP contribution in [0.2, 0.25) is 0 Å². The van der Waals surface area contributed by atoms with E-state index < -0.39 is 0 Å². The summed E-state index contributed by atoms with van der Waals surface area (Å²) >= 11 is 4.69. The first-order valence-electron chi connectivity index (χ1n) is 5.01. The number of nitrogens with zero attached hydrogens (tertiary/aromatic N) is 1. The number of hydrogen-bond donors (Lipinski definition) is 0. The first-order chi connectivity index (χ1) is 8.08. The van der Waals surface area contributed by atoms with Crippen molar-refractivity contribution in [1.82, 2.24) is 4.57 Å². The van der Waals surface area contributed by atoms with Crippen molar-refractivity contribution in [2.75, 3.05) is 0 Å². The molecule has 0 amide bonds. The molecule has 0 saturated heterocycles. The maximum Gasteiger partial charge on any atom is 0.251 e. The van der Waals surface area contributed by atoms with Gasteiger partial charge in [0.2, 0.25) is 0 Å². The molecule has 0 aliphatic rings. The highest BCUT2D eigenvalue weighted by Gasteiger charge is 2.12. The summed E-state index contributed by atoms with van der Waals surface area (Å²) in [6, 6.07) is 5.17. The number of carbonyl (C=O) groups excluding carboxylic acids is 1. The van der Waals surface area contributed by atoms with Crippen LogP contribution < -0.4 is 5.56 Å². The third-order valence-electron chi connectivity index (χ3n) is 2.34. The molecule has 88 valence electrons. The van der Waals surface area contributed by atoms with Crippen molar-refractivity contribution in [3.05, 3.63) is 55.0 Å². The van der Waals surface area contributed by atoms with E-state index in [9.17, 15) is 9.59 Å². The Kier molecular flexibility index (Phi) is 3.59. The second-order valence-electron chi connectivity index (χ2n) is 3.69. The van der Waals surface area contributed by atoms with Crippen LogP contribution >= 0.6 is 27.3 Å². The number of hydrogen-bond acceptors (Lipinski definition) is 3. The van der Waals surface area contributed by atoms with E-state index >= 15 is 0 Å². The summed E-state index contributed by atoms with van der Waals surface area (Å²) in [5.74, 6) is -0.0576. The van der Waals surface area contributed by atoms with E-state index in [4.69, 9.17) is 0 Å². The number of ketones is 1. The Morgan fingerprint density at radius 1 is 1.47 bits per heavy atom. The van der Waals surface area contributed by atoms with Crippen LogP contribution in [0.3, 0.4) is 0 Å². The van der Waals surface area contributed by atoms with Gasteiger partial charge < -0.3 is 4.57 Å². The highest BCUT2D eigenvalue weighted by Crippen LogP contribution is 2.23. The van der Waals surface area contributed by atoms with E-state index in [0.29, 0.717) is 4.88 Å². The quantitative estimate of drug-likeness (QED) is 0.818. The zero-order valence-electron chi connectivity index (χ0n) is 9.14. The predicted octanol–water partition coefficient (Wildman–Crippen LogP) is 2.86. The average molecular weight is 312 g/mol. The van der Waals surface area contributed by atoms with Crippen molar-refractivity contribution in [2.24, 2.45) is 0 Å². The van der Waals surface area contributed by atoms with E-state index in [0.717, 1.165) is 10.0 Å². The maximum atomic E-state index is 12.0. The number of aromatic nitrogens is 1. The number of halogens is 1. The lowest BCUT2D eigenvalue weighted by atomic mass is 10.3. The number of rotatable bonds is 3. The van der Waals surface area contributed by atoms with E-state index in [2.05, 4.69) is 15.9 Å². The molecule has 0 unspecified atom stereocenters. The molecule has 0 aromatic carbocycles. The predicted molar refractivity (Wildman–Crippen MR) is 71.8 cm³/mol. The number of thiophene rings is 1. The highest BCUT2D eigenvalue weighted by molar-refractivity contribution is 9.10. The summed E-state index contributed by atoms with van der Waals surface area (Å²) in [5.41, 5.74) is 0.752. The van der Waals surface area contributed by atoms with Gasteiger partial charge in [0.05, 0.1) is 11.4 Å². The lowest BCUT2D eigenvalue weighted by Crippen LogP contribution is -2.23. The molecule has 17 heavy (non-hydrogen) atoms. The molecule has 2 aromatic rings. The average Bonchev–Trinajstić information content (AvgIpc) is 2.68. The van der Waals surface area contributed by atoms with E-state index in [1.54, 1.807) is 6.20 Å². The lowest BCUT2D eigenvalue weighted by molar-refractivity contribution is 0.0974. The summed E-state index contributed by atoms with van der Waals surface area (Å²) in [5, 5.41) is 1.84. The summed E-state index contributed by atoms with van der Waals surface area (Å²) in [4.78, 5) is 24.2. The molecular weight excluding hydrogens is 302 g/mol. The molecular formula is C12H10BrNO2S. The molecule has 0 N–H and O–H groups in total. The molecule has 0 aliphatic carbocycles. The van der Waals surface area contributed by atoms with Crippen LogP contribution in [0.15, 0.2) is 39.0 Å². The van der Waals surface area contributed by atoms with Crippen LogP contribution in [-0.2, 0) is 6.54 Å². The van der Waals surface area contributed by atoms with E-state index in [-0.39, 0.29) is 17.9 Å². The SMILES string of the molecule is Cc1ccn(CC(=O)c2sccc2Br)c(=O)c1. The third-order valence-corrected chi connectivity index (χ3v) is 4.21. The zero-order valence-corrected chi connectivity index (χ0v) is 11.5. The second-order valence-corrected chi connectivity index (χ2v) is 5.46. The molecule has 5 heteroatoms. The summed E-state index contributed by atoms with van der Waals surface area (Å²) in [6.07, 6.45) is 1.65. The largest absolute Gasteiger partial charge is 0.308 e. The second kappa shape index (κ2) is 4.98. The summed E-state index contributed by atoms with van der Waals surface area (Å²) in [7, 11) is 0. The van der Waals surface area contributed by atoms with Crippen molar-refractivity contribution >= 4 is 33.0 Å². The topological polar surface area (TPSA) is 39.1 Å². The normalized spacial score (nSPS) is 10.5. The Hall–Kier alpha value is -1.20. The van der Waals surface area contributed by atoms with Crippen LogP contribution in [0, 0.1) is 6.92 Å². The van der Waals surface area contributed by atoms with Crippen LogP contribution in [0.5, 0.6) is 0 Å². The Morgan fingerprint density at radius 3 is 2.82 bits per heavy atom. The molecule has 3 nitrogen and oxygen atoms in total. The molecule has 0 saturated carbocycles. The lowest BCUT2D eigenvalue weighted by Gasteiger charge is -2.04. The van der Waals surface area contributed by atoms with Crippen LogP contribution in [0.4, 0.5) is 0 Å². The van der Waals surface area contributed by atoms with Crippen molar-refractivity contribution in [3.8, 4) is 0 Å². The van der Waals surface area contributed by atoms with Gasteiger partial charge >= 0.3 is 0 Å². The van der Waals surface area contributed by atoms with Gasteiger partial charge in [0.1, 0.15) is 0 Å². The fraction of sp³-hybridized carbons (Fsp3) is 0.167. The van der Waals surface area contributed by atoms with Crippen LogP contribution in [-0.4, -0.2) is 10.4 Å². The van der Waals surface area contributed by atoms with Gasteiger partial charge in [-0.25, -0.2) is 0 Å². The molecule has 0 spiro atoms. The molecule has 2 heterocycles. The van der Waals surface area contributed by atoms with Gasteiger partial charge in [-0.2, -0.15) is 0 Å². The minimum atomic E-state index is -0.147. The Balaban J connectivity index is 2.25. The molecule has 0 aliphatic heterocycles. The number of aryl methyl sites for hydroxylation is 1. The number of Topliss-reactive ketones (excluding diaryl/α,β-unsaturated/α-hetero) is 1. The van der Waals surface area contributed by atoms with Crippen molar-refractivity contribution < 1.29 is 4.79 Å². The van der Waals surface area contributed by atoms with Gasteiger partial charge in [-0.3, -0.25) is 9.59 Å². The molecule has 2 aromatic heterocycles. The van der Waals surface area contributed by atoms with Gasteiger partial charge in [-0.05, 0) is 45.9 Å². The number of carbonyl (C=O) groups is 1. The Bertz CT molecular complexity index is 615. The Morgan fingerprint density at radius 2 is 2.24 bits per heavy atom. The molecule has 0 fully saturated rings. The molecule has 0 radical (unpaired) electrons. The number of pyridine rings is 1. The van der Waals surface area contributed by atoms with Gasteiger partial charge in [0, 0.05) is 16.7 Å². The molecule has 0 bridgehead atoms. The Labute approximate surface area is 111 Å². The summed E-state index contributed by atoms with van der Waals surface area (Å²) < 4.78 is 2.20. The van der Waals surface area contributed by atoms with Gasteiger partial charge in [-0.15, -0.1) is 11.3 Å². The standard InChI is InChI=1S/C12H10BrNO2S/c1-8-2-4-14(11(16)6-8)7-10(15)12-9(13)3-5-17-12/h2-6H,7H2,1H3. The van der Waals surface area contributed by atoms with Crippen molar-refractivity contribution in [2.45, 2.75) is 13.5 Å². The fourth-order valence-corrected chi connectivity index (χ4v) is 2.98. The highest BCUT2D eigenvalue weighted by atomic mass is 79.9. The maximum absolute atomic E-state index is 12.0. The third kappa shape index (κ3) is 2.73. The molecule has 2 rings (SSSR count). The smallest absolute Gasteiger partial charge is 0.251 e. The van der Waals surface area contributed by atoms with Crippen LogP contribution in [0.25, 0.3) is 0 Å². The van der Waals surface area contributed by atoms with Gasteiger partial charge in [0.25, 0.3) is 5.56 Å². The van der Waals surface area contributed by atoms with Gasteiger partial charge in [0.15, 0.2) is 5.78 Å². The molecule has 0 atom stereocenters.